The molecular formula is C6H14O4S. The highest BCUT2D eigenvalue weighted by molar-refractivity contribution is 7.85. The Hall–Kier alpha value is -0.130. The monoisotopic (exact) mass is 182 g/mol. The Morgan fingerprint density at radius 1 is 1.36 bits per heavy atom. The van der Waals surface area contributed by atoms with E-state index in [9.17, 15) is 8.42 Å². The molecular weight excluding hydrogens is 168 g/mol. The highest BCUT2D eigenvalue weighted by Crippen LogP contribution is 2.05. The van der Waals surface area contributed by atoms with Crippen LogP contribution in [0.3, 0.4) is 0 Å². The topological polar surface area (TPSA) is 74.6 Å². The molecule has 5 heteroatoms. The van der Waals surface area contributed by atoms with E-state index in [1.165, 1.54) is 0 Å². The minimum atomic E-state index is -4.02. The third-order valence-corrected chi connectivity index (χ3v) is 1.95. The summed E-state index contributed by atoms with van der Waals surface area (Å²) in [6.45, 7) is 3.74. The number of aliphatic hydroxyl groups excluding tert-OH is 1. The zero-order valence-electron chi connectivity index (χ0n) is 6.69. The van der Waals surface area contributed by atoms with Crippen molar-refractivity contribution in [3.05, 3.63) is 0 Å². The summed E-state index contributed by atoms with van der Waals surface area (Å²) in [4.78, 5) is 0. The lowest BCUT2D eigenvalue weighted by molar-refractivity contribution is 0.168. The van der Waals surface area contributed by atoms with Gasteiger partial charge in [0.05, 0.1) is 6.10 Å². The third-order valence-electron chi connectivity index (χ3n) is 1.15. The van der Waals surface area contributed by atoms with Crippen molar-refractivity contribution in [2.75, 3.05) is 5.75 Å². The normalized spacial score (nSPS) is 15.4. The molecule has 0 aromatic heterocycles. The van der Waals surface area contributed by atoms with Gasteiger partial charge in [-0.2, -0.15) is 8.42 Å². The maximum absolute atomic E-state index is 10.2. The molecule has 0 aromatic rings. The maximum Gasteiger partial charge on any atom is 0.267 e. The Balaban J connectivity index is 3.80. The molecule has 0 aliphatic carbocycles. The molecule has 0 amide bonds. The number of hydrogen-bond donors (Lipinski definition) is 2. The zero-order chi connectivity index (χ0) is 9.07. The summed E-state index contributed by atoms with van der Waals surface area (Å²) >= 11 is 0. The van der Waals surface area contributed by atoms with Crippen molar-refractivity contribution in [1.82, 2.24) is 0 Å². The Morgan fingerprint density at radius 2 is 1.82 bits per heavy atom. The van der Waals surface area contributed by atoms with Gasteiger partial charge in [0.25, 0.3) is 10.1 Å². The minimum absolute atomic E-state index is 0.228. The van der Waals surface area contributed by atoms with Crippen LogP contribution in [0, 0.1) is 5.92 Å². The van der Waals surface area contributed by atoms with Crippen molar-refractivity contribution in [2.24, 2.45) is 5.92 Å². The van der Waals surface area contributed by atoms with Gasteiger partial charge in [-0.3, -0.25) is 4.55 Å². The largest absolute Gasteiger partial charge is 0.392 e. The van der Waals surface area contributed by atoms with Crippen LogP contribution in [-0.2, 0) is 10.1 Å². The van der Waals surface area contributed by atoms with Gasteiger partial charge in [-0.25, -0.2) is 0 Å². The fourth-order valence-corrected chi connectivity index (χ4v) is 1.48. The van der Waals surface area contributed by atoms with Gasteiger partial charge in [-0.05, 0) is 12.3 Å². The molecule has 0 saturated carbocycles. The van der Waals surface area contributed by atoms with Gasteiger partial charge in [0.2, 0.25) is 0 Å². The fourth-order valence-electron chi connectivity index (χ4n) is 0.855. The summed E-state index contributed by atoms with van der Waals surface area (Å²) < 4.78 is 28.8. The Labute approximate surface area is 67.0 Å². The summed E-state index contributed by atoms with van der Waals surface area (Å²) in [7, 11) is -4.02. The first-order chi connectivity index (χ1) is 4.81. The fraction of sp³-hybridized carbons (Fsp3) is 1.00. The molecule has 0 rings (SSSR count). The molecule has 11 heavy (non-hydrogen) atoms. The Morgan fingerprint density at radius 3 is 2.09 bits per heavy atom. The SMILES string of the molecule is CC(C)CC(O)CS(=O)(=O)O. The lowest BCUT2D eigenvalue weighted by Crippen LogP contribution is -2.21. The number of rotatable bonds is 4. The standard InChI is InChI=1S/C6H14O4S/c1-5(2)3-6(7)4-11(8,9)10/h5-7H,3-4H2,1-2H3,(H,8,9,10). The molecule has 68 valence electrons. The van der Waals surface area contributed by atoms with Gasteiger partial charge in [-0.15, -0.1) is 0 Å². The molecule has 2 N–H and O–H groups in total. The molecule has 0 aromatic carbocycles. The summed E-state index contributed by atoms with van der Waals surface area (Å²) in [6.07, 6.45) is -0.565. The van der Waals surface area contributed by atoms with E-state index < -0.39 is 22.0 Å². The summed E-state index contributed by atoms with van der Waals surface area (Å²) in [6, 6.07) is 0. The third kappa shape index (κ3) is 7.77. The van der Waals surface area contributed by atoms with E-state index in [4.69, 9.17) is 9.66 Å². The van der Waals surface area contributed by atoms with Crippen LogP contribution in [0.1, 0.15) is 20.3 Å². The average molecular weight is 182 g/mol. The quantitative estimate of drug-likeness (QED) is 0.612. The van der Waals surface area contributed by atoms with Gasteiger partial charge < -0.3 is 5.11 Å². The zero-order valence-corrected chi connectivity index (χ0v) is 7.50. The van der Waals surface area contributed by atoms with E-state index in [0.29, 0.717) is 6.42 Å². The van der Waals surface area contributed by atoms with Gasteiger partial charge in [0, 0.05) is 0 Å². The second-order valence-electron chi connectivity index (χ2n) is 3.03. The molecule has 1 atom stereocenters. The lowest BCUT2D eigenvalue weighted by atomic mass is 10.1. The second-order valence-corrected chi connectivity index (χ2v) is 4.53. The van der Waals surface area contributed by atoms with Crippen LogP contribution in [0.2, 0.25) is 0 Å². The lowest BCUT2D eigenvalue weighted by Gasteiger charge is -2.10. The Bertz CT molecular complexity index is 195. The number of hydrogen-bond acceptors (Lipinski definition) is 3. The molecule has 1 unspecified atom stereocenters. The molecule has 0 bridgehead atoms. The summed E-state index contributed by atoms with van der Waals surface area (Å²) in [5, 5.41) is 9.02. The first-order valence-electron chi connectivity index (χ1n) is 3.44. The van der Waals surface area contributed by atoms with Gasteiger partial charge in [0.15, 0.2) is 0 Å². The predicted octanol–water partition coefficient (Wildman–Crippen LogP) is 0.281. The number of aliphatic hydroxyl groups is 1. The van der Waals surface area contributed by atoms with Gasteiger partial charge in [-0.1, -0.05) is 13.8 Å². The first-order valence-corrected chi connectivity index (χ1v) is 5.05. The van der Waals surface area contributed by atoms with Crippen molar-refractivity contribution >= 4 is 10.1 Å². The van der Waals surface area contributed by atoms with Gasteiger partial charge >= 0.3 is 0 Å². The highest BCUT2D eigenvalue weighted by atomic mass is 32.2. The second kappa shape index (κ2) is 4.04. The predicted molar refractivity (Wildman–Crippen MR) is 41.9 cm³/mol. The van der Waals surface area contributed by atoms with Gasteiger partial charge in [0.1, 0.15) is 5.75 Å². The smallest absolute Gasteiger partial charge is 0.267 e. The van der Waals surface area contributed by atoms with Crippen molar-refractivity contribution in [1.29, 1.82) is 0 Å². The van der Waals surface area contributed by atoms with E-state index in [2.05, 4.69) is 0 Å². The molecule has 0 fully saturated rings. The first kappa shape index (κ1) is 10.9. The molecule has 0 spiro atoms. The van der Waals surface area contributed by atoms with E-state index in [-0.39, 0.29) is 5.92 Å². The van der Waals surface area contributed by atoms with Crippen LogP contribution >= 0.6 is 0 Å². The van der Waals surface area contributed by atoms with Crippen LogP contribution in [0.15, 0.2) is 0 Å². The molecule has 0 radical (unpaired) electrons. The highest BCUT2D eigenvalue weighted by Gasteiger charge is 2.14. The maximum atomic E-state index is 10.2. The molecule has 0 aliphatic heterocycles. The molecule has 4 nitrogen and oxygen atoms in total. The van der Waals surface area contributed by atoms with Crippen LogP contribution in [0.25, 0.3) is 0 Å². The molecule has 0 saturated heterocycles. The van der Waals surface area contributed by atoms with E-state index in [1.54, 1.807) is 0 Å². The van der Waals surface area contributed by atoms with Crippen LogP contribution < -0.4 is 0 Å². The average Bonchev–Trinajstić information content (AvgIpc) is 1.53. The van der Waals surface area contributed by atoms with E-state index >= 15 is 0 Å². The minimum Gasteiger partial charge on any atom is -0.392 e. The van der Waals surface area contributed by atoms with Crippen molar-refractivity contribution in [3.63, 3.8) is 0 Å². The molecule has 0 heterocycles. The summed E-state index contributed by atoms with van der Waals surface area (Å²) in [5.41, 5.74) is 0. The summed E-state index contributed by atoms with van der Waals surface area (Å²) in [5.74, 6) is -0.336. The van der Waals surface area contributed by atoms with Crippen molar-refractivity contribution in [3.8, 4) is 0 Å². The van der Waals surface area contributed by atoms with Crippen molar-refractivity contribution in [2.45, 2.75) is 26.4 Å². The van der Waals surface area contributed by atoms with Crippen LogP contribution in [0.5, 0.6) is 0 Å². The van der Waals surface area contributed by atoms with Crippen LogP contribution in [0.4, 0.5) is 0 Å². The Kier molecular flexibility index (Phi) is 3.99. The van der Waals surface area contributed by atoms with Crippen molar-refractivity contribution < 1.29 is 18.1 Å². The molecule has 0 aliphatic rings. The van der Waals surface area contributed by atoms with Crippen LogP contribution in [-0.4, -0.2) is 29.9 Å². The van der Waals surface area contributed by atoms with E-state index in [1.807, 2.05) is 13.8 Å². The van der Waals surface area contributed by atoms with E-state index in [0.717, 1.165) is 0 Å².